The average Bonchev–Trinajstić information content (AvgIpc) is 2.91. The van der Waals surface area contributed by atoms with E-state index < -0.39 is 48.1 Å². The van der Waals surface area contributed by atoms with E-state index in [1.54, 1.807) is 0 Å². The SMILES string of the molecule is O=[N+]([O-])c1ccc(/C=N/[C@@H]2[C@@H](O)[C@@H](O)[C@@H](CO)O[C@H]2O)o1. The monoisotopic (exact) mass is 302 g/mol. The summed E-state index contributed by atoms with van der Waals surface area (Å²) in [6.07, 6.45) is -4.48. The van der Waals surface area contributed by atoms with Crippen molar-refractivity contribution < 1.29 is 34.5 Å². The molecule has 0 spiro atoms. The molecule has 5 atom stereocenters. The van der Waals surface area contributed by atoms with Gasteiger partial charge in [0.2, 0.25) is 0 Å². The van der Waals surface area contributed by atoms with Crippen molar-refractivity contribution in [2.24, 2.45) is 4.99 Å². The Morgan fingerprint density at radius 1 is 1.33 bits per heavy atom. The van der Waals surface area contributed by atoms with Crippen molar-refractivity contribution in [1.82, 2.24) is 0 Å². The molecular formula is C11H14N2O8. The molecule has 0 aliphatic carbocycles. The van der Waals surface area contributed by atoms with Crippen molar-refractivity contribution in [3.05, 3.63) is 28.0 Å². The van der Waals surface area contributed by atoms with E-state index in [2.05, 4.69) is 4.99 Å². The van der Waals surface area contributed by atoms with E-state index in [-0.39, 0.29) is 5.76 Å². The van der Waals surface area contributed by atoms with Crippen LogP contribution < -0.4 is 0 Å². The van der Waals surface area contributed by atoms with Gasteiger partial charge in [-0.15, -0.1) is 0 Å². The lowest BCUT2D eigenvalue weighted by atomic mass is 9.97. The third-order valence-corrected chi connectivity index (χ3v) is 3.03. The van der Waals surface area contributed by atoms with Gasteiger partial charge in [0.25, 0.3) is 0 Å². The molecule has 0 bridgehead atoms. The van der Waals surface area contributed by atoms with Crippen molar-refractivity contribution in [2.45, 2.75) is 30.6 Å². The molecule has 0 radical (unpaired) electrons. The van der Waals surface area contributed by atoms with Crippen LogP contribution in [0.4, 0.5) is 5.88 Å². The predicted octanol–water partition coefficient (Wildman–Crippen LogP) is -1.59. The number of furan rings is 1. The van der Waals surface area contributed by atoms with Gasteiger partial charge < -0.3 is 29.6 Å². The van der Waals surface area contributed by atoms with Crippen molar-refractivity contribution >= 4 is 12.1 Å². The van der Waals surface area contributed by atoms with Crippen LogP contribution in [0.1, 0.15) is 5.76 Å². The molecular weight excluding hydrogens is 288 g/mol. The third-order valence-electron chi connectivity index (χ3n) is 3.03. The van der Waals surface area contributed by atoms with Crippen LogP contribution in [-0.2, 0) is 4.74 Å². The maximum Gasteiger partial charge on any atom is 0.433 e. The Kier molecular flexibility index (Phi) is 4.65. The Balaban J connectivity index is 2.10. The molecule has 1 aliphatic heterocycles. The normalized spacial score (nSPS) is 33.4. The van der Waals surface area contributed by atoms with Gasteiger partial charge in [-0.2, -0.15) is 0 Å². The van der Waals surface area contributed by atoms with Crippen LogP contribution in [0.15, 0.2) is 21.5 Å². The Hall–Kier alpha value is -1.85. The smallest absolute Gasteiger partial charge is 0.400 e. The zero-order chi connectivity index (χ0) is 15.6. The Morgan fingerprint density at radius 3 is 2.62 bits per heavy atom. The summed E-state index contributed by atoms with van der Waals surface area (Å²) in [5, 5.41) is 48.5. The van der Waals surface area contributed by atoms with E-state index in [9.17, 15) is 25.4 Å². The van der Waals surface area contributed by atoms with Gasteiger partial charge in [-0.1, -0.05) is 0 Å². The molecule has 1 aromatic rings. The highest BCUT2D eigenvalue weighted by atomic mass is 16.6. The van der Waals surface area contributed by atoms with E-state index in [0.717, 1.165) is 12.3 Å². The summed E-state index contributed by atoms with van der Waals surface area (Å²) >= 11 is 0. The molecule has 10 nitrogen and oxygen atoms in total. The number of hydrogen-bond donors (Lipinski definition) is 4. The van der Waals surface area contributed by atoms with Gasteiger partial charge in [0, 0.05) is 0 Å². The number of nitrogens with zero attached hydrogens (tertiary/aromatic N) is 2. The minimum absolute atomic E-state index is 0.0415. The van der Waals surface area contributed by atoms with Gasteiger partial charge >= 0.3 is 5.88 Å². The van der Waals surface area contributed by atoms with Crippen molar-refractivity contribution in [1.29, 1.82) is 0 Å². The molecule has 0 saturated carbocycles. The number of hydrogen-bond acceptors (Lipinski definition) is 9. The van der Waals surface area contributed by atoms with Gasteiger partial charge in [0.1, 0.15) is 29.3 Å². The van der Waals surface area contributed by atoms with E-state index in [1.807, 2.05) is 0 Å². The van der Waals surface area contributed by atoms with Crippen LogP contribution in [0, 0.1) is 10.1 Å². The first kappa shape index (κ1) is 15.5. The number of aliphatic imine (C=N–C) groups is 1. The third kappa shape index (κ3) is 3.25. The van der Waals surface area contributed by atoms with Crippen LogP contribution in [0.3, 0.4) is 0 Å². The molecule has 2 rings (SSSR count). The minimum atomic E-state index is -1.54. The van der Waals surface area contributed by atoms with E-state index >= 15 is 0 Å². The maximum absolute atomic E-state index is 10.4. The predicted molar refractivity (Wildman–Crippen MR) is 66.7 cm³/mol. The lowest BCUT2D eigenvalue weighted by molar-refractivity contribution is -0.402. The molecule has 0 unspecified atom stereocenters. The van der Waals surface area contributed by atoms with Gasteiger partial charge in [-0.3, -0.25) is 15.1 Å². The number of rotatable bonds is 4. The highest BCUT2D eigenvalue weighted by Crippen LogP contribution is 2.22. The molecule has 0 amide bonds. The molecule has 1 aliphatic rings. The second kappa shape index (κ2) is 6.28. The second-order valence-corrected chi connectivity index (χ2v) is 4.43. The molecule has 2 heterocycles. The highest BCUT2D eigenvalue weighted by molar-refractivity contribution is 5.76. The van der Waals surface area contributed by atoms with Crippen molar-refractivity contribution in [3.63, 3.8) is 0 Å². The van der Waals surface area contributed by atoms with E-state index in [0.29, 0.717) is 0 Å². The van der Waals surface area contributed by atoms with Crippen LogP contribution in [0.2, 0.25) is 0 Å². The zero-order valence-electron chi connectivity index (χ0n) is 10.6. The molecule has 1 saturated heterocycles. The standard InChI is InChI=1S/C11H14N2O8/c14-4-6-9(15)10(16)8(11(17)21-6)12-3-5-1-2-7(20-5)13(18)19/h1-3,6,8-11,14-17H,4H2/b12-3+/t6-,8-,9+,10-,11-/m1/s1. The maximum atomic E-state index is 10.4. The number of aliphatic hydroxyl groups is 4. The van der Waals surface area contributed by atoms with Gasteiger partial charge in [-0.05, 0) is 6.07 Å². The average molecular weight is 302 g/mol. The van der Waals surface area contributed by atoms with Crippen molar-refractivity contribution in [2.75, 3.05) is 6.61 Å². The summed E-state index contributed by atoms with van der Waals surface area (Å²) in [5.41, 5.74) is 0. The Morgan fingerprint density at radius 2 is 2.05 bits per heavy atom. The second-order valence-electron chi connectivity index (χ2n) is 4.43. The first-order valence-corrected chi connectivity index (χ1v) is 6.02. The minimum Gasteiger partial charge on any atom is -0.400 e. The summed E-state index contributed by atoms with van der Waals surface area (Å²) in [6, 6.07) is 1.20. The fraction of sp³-hybridized carbons (Fsp3) is 0.545. The fourth-order valence-corrected chi connectivity index (χ4v) is 1.91. The molecule has 1 aromatic heterocycles. The number of nitro groups is 1. The Bertz CT molecular complexity index is 530. The number of aliphatic hydroxyl groups excluding tert-OH is 4. The lowest BCUT2D eigenvalue weighted by Gasteiger charge is -2.38. The molecule has 4 N–H and O–H groups in total. The quantitative estimate of drug-likeness (QED) is 0.294. The van der Waals surface area contributed by atoms with E-state index in [1.165, 1.54) is 6.07 Å². The summed E-state index contributed by atoms with van der Waals surface area (Å²) in [5.74, 6) is -0.433. The van der Waals surface area contributed by atoms with Crippen molar-refractivity contribution in [3.8, 4) is 0 Å². The first-order valence-electron chi connectivity index (χ1n) is 6.02. The summed E-state index contributed by atoms with van der Waals surface area (Å²) in [7, 11) is 0. The van der Waals surface area contributed by atoms with Crippen LogP contribution in [0.5, 0.6) is 0 Å². The fourth-order valence-electron chi connectivity index (χ4n) is 1.91. The molecule has 116 valence electrons. The largest absolute Gasteiger partial charge is 0.433 e. The molecule has 10 heteroatoms. The highest BCUT2D eigenvalue weighted by Gasteiger charge is 2.43. The number of ether oxygens (including phenoxy) is 1. The van der Waals surface area contributed by atoms with Gasteiger partial charge in [0.05, 0.1) is 18.9 Å². The van der Waals surface area contributed by atoms with Gasteiger partial charge in [0.15, 0.2) is 12.1 Å². The summed E-state index contributed by atoms with van der Waals surface area (Å²) in [4.78, 5) is 13.5. The van der Waals surface area contributed by atoms with Gasteiger partial charge in [-0.25, -0.2) is 0 Å². The zero-order valence-corrected chi connectivity index (χ0v) is 10.6. The Labute approximate surface area is 118 Å². The lowest BCUT2D eigenvalue weighted by Crippen LogP contribution is -2.57. The summed E-state index contributed by atoms with van der Waals surface area (Å²) < 4.78 is 9.73. The molecule has 21 heavy (non-hydrogen) atoms. The molecule has 0 aromatic carbocycles. The molecule has 1 fully saturated rings. The van der Waals surface area contributed by atoms with Crippen LogP contribution in [-0.4, -0.2) is 68.8 Å². The van der Waals surface area contributed by atoms with Crippen LogP contribution in [0.25, 0.3) is 0 Å². The first-order chi connectivity index (χ1) is 9.93. The summed E-state index contributed by atoms with van der Waals surface area (Å²) in [6.45, 7) is -0.573. The topological polar surface area (TPSA) is 159 Å². The van der Waals surface area contributed by atoms with E-state index in [4.69, 9.17) is 14.3 Å². The van der Waals surface area contributed by atoms with Crippen LogP contribution >= 0.6 is 0 Å².